The van der Waals surface area contributed by atoms with Crippen molar-refractivity contribution >= 4 is 5.91 Å². The Morgan fingerprint density at radius 2 is 1.71 bits per heavy atom. The number of nitrogens with one attached hydrogen (secondary N) is 1. The average molecular weight is 331 g/mol. The van der Waals surface area contributed by atoms with E-state index in [1.807, 2.05) is 31.2 Å². The second-order valence-corrected chi connectivity index (χ2v) is 5.58. The van der Waals surface area contributed by atoms with Gasteiger partial charge in [0.05, 0.1) is 13.2 Å². The molecule has 0 fully saturated rings. The molecule has 0 aliphatic carbocycles. The molecular formula is C19H22FNO3. The summed E-state index contributed by atoms with van der Waals surface area (Å²) in [5.74, 6) is 1.17. The first-order valence-corrected chi connectivity index (χ1v) is 7.87. The number of methoxy groups -OCH3 is 1. The van der Waals surface area contributed by atoms with E-state index < -0.39 is 0 Å². The third kappa shape index (κ3) is 5.91. The van der Waals surface area contributed by atoms with E-state index in [9.17, 15) is 9.18 Å². The smallest absolute Gasteiger partial charge is 0.220 e. The number of carbonyl (C=O) groups excluding carboxylic acids is 1. The highest BCUT2D eigenvalue weighted by atomic mass is 19.1. The molecule has 2 aromatic rings. The molecule has 2 rings (SSSR count). The Bertz CT molecular complexity index is 641. The molecule has 0 aromatic heterocycles. The van der Waals surface area contributed by atoms with Crippen molar-refractivity contribution in [3.8, 4) is 11.5 Å². The molecule has 0 aliphatic rings. The summed E-state index contributed by atoms with van der Waals surface area (Å²) in [6, 6.07) is 13.4. The maximum Gasteiger partial charge on any atom is 0.220 e. The highest BCUT2D eigenvalue weighted by Crippen LogP contribution is 2.17. The van der Waals surface area contributed by atoms with Crippen LogP contribution in [0.5, 0.6) is 11.5 Å². The zero-order chi connectivity index (χ0) is 17.4. The summed E-state index contributed by atoms with van der Waals surface area (Å²) in [6.45, 7) is 2.27. The zero-order valence-electron chi connectivity index (χ0n) is 13.9. The van der Waals surface area contributed by atoms with Gasteiger partial charge >= 0.3 is 0 Å². The van der Waals surface area contributed by atoms with E-state index in [4.69, 9.17) is 9.47 Å². The summed E-state index contributed by atoms with van der Waals surface area (Å²) >= 11 is 0. The SMILES string of the molecule is COc1ccc(OCC(C)NC(=O)CCc2ccc(F)cc2)cc1. The molecule has 0 aliphatic heterocycles. The molecule has 0 saturated heterocycles. The van der Waals surface area contributed by atoms with Gasteiger partial charge in [0, 0.05) is 6.42 Å². The van der Waals surface area contributed by atoms with Gasteiger partial charge < -0.3 is 14.8 Å². The van der Waals surface area contributed by atoms with Gasteiger partial charge in [0.25, 0.3) is 0 Å². The van der Waals surface area contributed by atoms with Gasteiger partial charge in [0.2, 0.25) is 5.91 Å². The molecule has 1 atom stereocenters. The molecule has 1 N–H and O–H groups in total. The number of ether oxygens (including phenoxy) is 2. The number of aryl methyl sites for hydroxylation is 1. The number of benzene rings is 2. The third-order valence-corrected chi connectivity index (χ3v) is 3.52. The summed E-state index contributed by atoms with van der Waals surface area (Å²) in [5, 5.41) is 2.89. The topological polar surface area (TPSA) is 47.6 Å². The quantitative estimate of drug-likeness (QED) is 0.807. The van der Waals surface area contributed by atoms with Gasteiger partial charge in [-0.15, -0.1) is 0 Å². The van der Waals surface area contributed by atoms with Crippen LogP contribution in [-0.4, -0.2) is 25.7 Å². The first kappa shape index (κ1) is 17.8. The summed E-state index contributed by atoms with van der Waals surface area (Å²) in [5.41, 5.74) is 0.939. The van der Waals surface area contributed by atoms with Crippen molar-refractivity contribution in [3.63, 3.8) is 0 Å². The van der Waals surface area contributed by atoms with Crippen LogP contribution in [0.3, 0.4) is 0 Å². The summed E-state index contributed by atoms with van der Waals surface area (Å²) in [7, 11) is 1.61. The minimum Gasteiger partial charge on any atom is -0.497 e. The largest absolute Gasteiger partial charge is 0.497 e. The lowest BCUT2D eigenvalue weighted by Gasteiger charge is -2.15. The van der Waals surface area contributed by atoms with Crippen LogP contribution in [0.1, 0.15) is 18.9 Å². The highest BCUT2D eigenvalue weighted by Gasteiger charge is 2.08. The fourth-order valence-corrected chi connectivity index (χ4v) is 2.19. The van der Waals surface area contributed by atoms with Crippen LogP contribution in [0.2, 0.25) is 0 Å². The Balaban J connectivity index is 1.69. The molecular weight excluding hydrogens is 309 g/mol. The van der Waals surface area contributed by atoms with E-state index in [-0.39, 0.29) is 17.8 Å². The van der Waals surface area contributed by atoms with Crippen molar-refractivity contribution in [3.05, 3.63) is 59.9 Å². The van der Waals surface area contributed by atoms with Crippen molar-refractivity contribution in [1.29, 1.82) is 0 Å². The second kappa shape index (κ2) is 8.91. The van der Waals surface area contributed by atoms with Gasteiger partial charge in [0.15, 0.2) is 0 Å². The Labute approximate surface area is 141 Å². The fourth-order valence-electron chi connectivity index (χ4n) is 2.19. The van der Waals surface area contributed by atoms with Crippen molar-refractivity contribution < 1.29 is 18.7 Å². The molecule has 0 saturated carbocycles. The average Bonchev–Trinajstić information content (AvgIpc) is 2.60. The van der Waals surface area contributed by atoms with Gasteiger partial charge in [-0.2, -0.15) is 0 Å². The van der Waals surface area contributed by atoms with Crippen molar-refractivity contribution in [2.75, 3.05) is 13.7 Å². The molecule has 0 spiro atoms. The Kier molecular flexibility index (Phi) is 6.61. The van der Waals surface area contributed by atoms with Crippen LogP contribution in [0.4, 0.5) is 4.39 Å². The van der Waals surface area contributed by atoms with Gasteiger partial charge in [-0.3, -0.25) is 4.79 Å². The van der Waals surface area contributed by atoms with Crippen molar-refractivity contribution in [2.45, 2.75) is 25.8 Å². The van der Waals surface area contributed by atoms with Crippen LogP contribution in [0, 0.1) is 5.82 Å². The number of amides is 1. The van der Waals surface area contributed by atoms with Crippen LogP contribution >= 0.6 is 0 Å². The van der Waals surface area contributed by atoms with E-state index in [1.54, 1.807) is 19.2 Å². The minimum absolute atomic E-state index is 0.0508. The van der Waals surface area contributed by atoms with Crippen LogP contribution < -0.4 is 14.8 Å². The predicted octanol–water partition coefficient (Wildman–Crippen LogP) is 3.35. The highest BCUT2D eigenvalue weighted by molar-refractivity contribution is 5.76. The maximum absolute atomic E-state index is 12.8. The van der Waals surface area contributed by atoms with E-state index in [2.05, 4.69) is 5.32 Å². The molecule has 24 heavy (non-hydrogen) atoms. The number of halogens is 1. The summed E-state index contributed by atoms with van der Waals surface area (Å²) in [4.78, 5) is 11.9. The van der Waals surface area contributed by atoms with Crippen LogP contribution in [0.25, 0.3) is 0 Å². The first-order chi connectivity index (χ1) is 11.6. The van der Waals surface area contributed by atoms with Gasteiger partial charge in [-0.05, 0) is 55.3 Å². The first-order valence-electron chi connectivity index (χ1n) is 7.87. The molecule has 0 bridgehead atoms. The van der Waals surface area contributed by atoms with Crippen molar-refractivity contribution in [2.24, 2.45) is 0 Å². The summed E-state index contributed by atoms with van der Waals surface area (Å²) < 4.78 is 23.5. The Morgan fingerprint density at radius 3 is 2.33 bits per heavy atom. The maximum atomic E-state index is 12.8. The molecule has 1 unspecified atom stereocenters. The lowest BCUT2D eigenvalue weighted by molar-refractivity contribution is -0.121. The number of hydrogen-bond acceptors (Lipinski definition) is 3. The molecule has 0 radical (unpaired) electrons. The van der Waals surface area contributed by atoms with Gasteiger partial charge in [-0.25, -0.2) is 4.39 Å². The molecule has 0 heterocycles. The van der Waals surface area contributed by atoms with E-state index in [1.165, 1.54) is 12.1 Å². The van der Waals surface area contributed by atoms with E-state index in [0.29, 0.717) is 19.4 Å². The zero-order valence-corrected chi connectivity index (χ0v) is 13.9. The Morgan fingerprint density at radius 1 is 1.08 bits per heavy atom. The fraction of sp³-hybridized carbons (Fsp3) is 0.316. The molecule has 5 heteroatoms. The van der Waals surface area contributed by atoms with Crippen LogP contribution in [0.15, 0.2) is 48.5 Å². The van der Waals surface area contributed by atoms with E-state index in [0.717, 1.165) is 17.1 Å². The molecule has 4 nitrogen and oxygen atoms in total. The normalized spacial score (nSPS) is 11.6. The monoisotopic (exact) mass is 331 g/mol. The minimum atomic E-state index is -0.271. The third-order valence-electron chi connectivity index (χ3n) is 3.52. The molecule has 2 aromatic carbocycles. The van der Waals surface area contributed by atoms with Crippen LogP contribution in [-0.2, 0) is 11.2 Å². The number of rotatable bonds is 8. The second-order valence-electron chi connectivity index (χ2n) is 5.58. The Hall–Kier alpha value is -2.56. The number of hydrogen-bond donors (Lipinski definition) is 1. The van der Waals surface area contributed by atoms with Gasteiger partial charge in [0.1, 0.15) is 23.9 Å². The number of carbonyl (C=O) groups is 1. The molecule has 128 valence electrons. The predicted molar refractivity (Wildman–Crippen MR) is 90.8 cm³/mol. The molecule has 1 amide bonds. The lowest BCUT2D eigenvalue weighted by atomic mass is 10.1. The van der Waals surface area contributed by atoms with E-state index >= 15 is 0 Å². The van der Waals surface area contributed by atoms with Crippen molar-refractivity contribution in [1.82, 2.24) is 5.32 Å². The lowest BCUT2D eigenvalue weighted by Crippen LogP contribution is -2.36. The van der Waals surface area contributed by atoms with Gasteiger partial charge in [-0.1, -0.05) is 12.1 Å². The summed E-state index contributed by atoms with van der Waals surface area (Å²) in [6.07, 6.45) is 0.941. The standard InChI is InChI=1S/C19H22FNO3/c1-14(13-24-18-10-8-17(23-2)9-11-18)21-19(22)12-5-15-3-6-16(20)7-4-15/h3-4,6-11,14H,5,12-13H2,1-2H3,(H,21,22).